The fourth-order valence-electron chi connectivity index (χ4n) is 5.48. The Hall–Kier alpha value is -3.46. The first-order valence-corrected chi connectivity index (χ1v) is 13.7. The number of carbonyl (C=O) groups is 1. The molecule has 2 aliphatic heterocycles. The smallest absolute Gasteiger partial charge is 0.323 e. The van der Waals surface area contributed by atoms with E-state index in [1.165, 1.54) is 21.0 Å². The number of thiophene rings is 1. The van der Waals surface area contributed by atoms with E-state index < -0.39 is 0 Å². The SMILES string of the molecule is COc1cccc([C@@H]2c3cccn3-c3sc4c(c3CN2C(=O)Nc2cc(Cl)ccc2OC)CCN(C)C4)c1. The van der Waals surface area contributed by atoms with Crippen LogP contribution >= 0.6 is 22.9 Å². The van der Waals surface area contributed by atoms with Crippen LogP contribution in [-0.4, -0.2) is 48.2 Å². The number of carbonyl (C=O) groups excluding carboxylic acids is 1. The fourth-order valence-corrected chi connectivity index (χ4v) is 7.09. The lowest BCUT2D eigenvalue weighted by molar-refractivity contribution is 0.194. The molecular weight excluding hydrogens is 520 g/mol. The molecule has 0 saturated carbocycles. The molecule has 2 aromatic carbocycles. The molecule has 4 heterocycles. The molecule has 38 heavy (non-hydrogen) atoms. The molecule has 0 aliphatic carbocycles. The number of amides is 2. The van der Waals surface area contributed by atoms with Crippen molar-refractivity contribution >= 4 is 34.7 Å². The van der Waals surface area contributed by atoms with Gasteiger partial charge in [-0.15, -0.1) is 11.3 Å². The molecule has 0 spiro atoms. The van der Waals surface area contributed by atoms with E-state index in [0.717, 1.165) is 36.5 Å². The quantitative estimate of drug-likeness (QED) is 0.323. The number of ether oxygens (including phenoxy) is 2. The Bertz CT molecular complexity index is 1510. The maximum absolute atomic E-state index is 14.2. The lowest BCUT2D eigenvalue weighted by Gasteiger charge is -2.32. The van der Waals surface area contributed by atoms with Crippen LogP contribution in [0.1, 0.15) is 33.3 Å². The predicted octanol–water partition coefficient (Wildman–Crippen LogP) is 6.33. The first kappa shape index (κ1) is 24.9. The maximum Gasteiger partial charge on any atom is 0.323 e. The number of rotatable bonds is 4. The second-order valence-electron chi connectivity index (χ2n) is 9.66. The number of nitrogens with zero attached hydrogens (tertiary/aromatic N) is 3. The topological polar surface area (TPSA) is 59.0 Å². The van der Waals surface area contributed by atoms with Gasteiger partial charge in [0.05, 0.1) is 38.2 Å². The number of nitrogens with one attached hydrogen (secondary N) is 1. The highest BCUT2D eigenvalue weighted by Gasteiger charge is 2.36. The van der Waals surface area contributed by atoms with E-state index in [-0.39, 0.29) is 12.1 Å². The number of likely N-dealkylation sites (N-methyl/N-ethyl adjacent to an activating group) is 1. The van der Waals surface area contributed by atoms with E-state index in [9.17, 15) is 4.79 Å². The summed E-state index contributed by atoms with van der Waals surface area (Å²) in [5.74, 6) is 1.30. The van der Waals surface area contributed by atoms with Crippen molar-refractivity contribution in [3.63, 3.8) is 0 Å². The van der Waals surface area contributed by atoms with Gasteiger partial charge in [-0.05, 0) is 67.1 Å². The standard InChI is InChI=1S/C29H29ClN4O3S/c1-32-13-11-21-22-16-34(29(35)31-23-15-19(30)9-10-25(23)37-3)27(18-6-4-7-20(14-18)36-2)24-8-5-12-33(24)28(22)38-26(21)17-32/h4-10,12,14-15,27H,11,13,16-17H2,1-3H3,(H,31,35)/t27-/m1/s1. The maximum atomic E-state index is 14.2. The minimum atomic E-state index is -0.341. The van der Waals surface area contributed by atoms with Crippen molar-refractivity contribution in [3.05, 3.63) is 93.1 Å². The Morgan fingerprint density at radius 1 is 1.05 bits per heavy atom. The van der Waals surface area contributed by atoms with Gasteiger partial charge in [0, 0.05) is 34.7 Å². The Morgan fingerprint density at radius 3 is 2.74 bits per heavy atom. The van der Waals surface area contributed by atoms with Gasteiger partial charge in [0.2, 0.25) is 0 Å². The third kappa shape index (κ3) is 4.32. The first-order chi connectivity index (χ1) is 18.5. The van der Waals surface area contributed by atoms with Crippen LogP contribution < -0.4 is 14.8 Å². The minimum Gasteiger partial charge on any atom is -0.497 e. The third-order valence-electron chi connectivity index (χ3n) is 7.33. The van der Waals surface area contributed by atoms with Crippen LogP contribution in [0.15, 0.2) is 60.8 Å². The minimum absolute atomic E-state index is 0.230. The molecule has 7 nitrogen and oxygen atoms in total. The van der Waals surface area contributed by atoms with Gasteiger partial charge >= 0.3 is 6.03 Å². The van der Waals surface area contributed by atoms with Gasteiger partial charge in [0.25, 0.3) is 0 Å². The van der Waals surface area contributed by atoms with E-state index in [2.05, 4.69) is 46.2 Å². The van der Waals surface area contributed by atoms with E-state index in [4.69, 9.17) is 21.1 Å². The van der Waals surface area contributed by atoms with Crippen LogP contribution in [-0.2, 0) is 19.5 Å². The van der Waals surface area contributed by atoms with E-state index in [1.54, 1.807) is 32.4 Å². The average Bonchev–Trinajstić information content (AvgIpc) is 3.50. The largest absolute Gasteiger partial charge is 0.497 e. The number of urea groups is 1. The number of anilines is 1. The van der Waals surface area contributed by atoms with Gasteiger partial charge in [0.1, 0.15) is 16.5 Å². The van der Waals surface area contributed by atoms with Crippen LogP contribution in [0.2, 0.25) is 5.02 Å². The van der Waals surface area contributed by atoms with Crippen molar-refractivity contribution in [2.24, 2.45) is 0 Å². The number of methoxy groups -OCH3 is 2. The monoisotopic (exact) mass is 548 g/mol. The van der Waals surface area contributed by atoms with Crippen LogP contribution in [0.25, 0.3) is 5.00 Å². The zero-order valence-electron chi connectivity index (χ0n) is 21.5. The normalized spacial score (nSPS) is 16.7. The Morgan fingerprint density at radius 2 is 1.92 bits per heavy atom. The van der Waals surface area contributed by atoms with Crippen LogP contribution in [0.3, 0.4) is 0 Å². The first-order valence-electron chi connectivity index (χ1n) is 12.5. The van der Waals surface area contributed by atoms with Crippen molar-refractivity contribution in [2.75, 3.05) is 33.1 Å². The molecule has 196 valence electrons. The molecule has 0 fully saturated rings. The highest BCUT2D eigenvalue weighted by atomic mass is 35.5. The second-order valence-corrected chi connectivity index (χ2v) is 11.2. The van der Waals surface area contributed by atoms with Crippen LogP contribution in [0.5, 0.6) is 11.5 Å². The molecule has 9 heteroatoms. The number of benzene rings is 2. The molecule has 0 radical (unpaired) electrons. The highest BCUT2D eigenvalue weighted by molar-refractivity contribution is 7.15. The summed E-state index contributed by atoms with van der Waals surface area (Å²) in [5.41, 5.74) is 5.11. The Kier molecular flexibility index (Phi) is 6.55. The molecule has 2 aromatic heterocycles. The average molecular weight is 549 g/mol. The van der Waals surface area contributed by atoms with Crippen molar-refractivity contribution in [1.82, 2.24) is 14.4 Å². The second kappa shape index (κ2) is 10.0. The van der Waals surface area contributed by atoms with Crippen molar-refractivity contribution < 1.29 is 14.3 Å². The van der Waals surface area contributed by atoms with Crippen LogP contribution in [0.4, 0.5) is 10.5 Å². The molecule has 0 saturated heterocycles. The summed E-state index contributed by atoms with van der Waals surface area (Å²) in [6.45, 7) is 2.40. The van der Waals surface area contributed by atoms with Gasteiger partial charge in [-0.1, -0.05) is 23.7 Å². The predicted molar refractivity (Wildman–Crippen MR) is 151 cm³/mol. The molecular formula is C29H29ClN4O3S. The molecule has 2 amide bonds. The van der Waals surface area contributed by atoms with Gasteiger partial charge in [-0.2, -0.15) is 0 Å². The summed E-state index contributed by atoms with van der Waals surface area (Å²) in [6, 6.07) is 16.7. The van der Waals surface area contributed by atoms with E-state index in [1.807, 2.05) is 34.4 Å². The lowest BCUT2D eigenvalue weighted by atomic mass is 10.00. The van der Waals surface area contributed by atoms with Crippen molar-refractivity contribution in [1.29, 1.82) is 0 Å². The number of hydrogen-bond acceptors (Lipinski definition) is 5. The molecule has 1 atom stereocenters. The van der Waals surface area contributed by atoms with Gasteiger partial charge in [-0.25, -0.2) is 4.79 Å². The summed E-state index contributed by atoms with van der Waals surface area (Å²) in [6.07, 6.45) is 3.07. The summed E-state index contributed by atoms with van der Waals surface area (Å²) in [5, 5.41) is 4.80. The van der Waals surface area contributed by atoms with E-state index >= 15 is 0 Å². The summed E-state index contributed by atoms with van der Waals surface area (Å²) >= 11 is 8.12. The zero-order chi connectivity index (χ0) is 26.4. The Labute approximate surface area is 231 Å². The zero-order valence-corrected chi connectivity index (χ0v) is 23.1. The Balaban J connectivity index is 1.50. The van der Waals surface area contributed by atoms with Gasteiger partial charge < -0.3 is 29.2 Å². The number of fused-ring (bicyclic) bond motifs is 5. The number of halogens is 1. The number of aromatic nitrogens is 1. The molecule has 1 N–H and O–H groups in total. The third-order valence-corrected chi connectivity index (χ3v) is 8.82. The summed E-state index contributed by atoms with van der Waals surface area (Å²) in [7, 11) is 5.40. The molecule has 2 aliphatic rings. The van der Waals surface area contributed by atoms with Crippen molar-refractivity contribution in [2.45, 2.75) is 25.6 Å². The van der Waals surface area contributed by atoms with Crippen molar-refractivity contribution in [3.8, 4) is 16.5 Å². The van der Waals surface area contributed by atoms with Gasteiger partial charge in [-0.3, -0.25) is 0 Å². The fraction of sp³-hybridized carbons (Fsp3) is 0.276. The van der Waals surface area contributed by atoms with Crippen LogP contribution in [0, 0.1) is 0 Å². The molecule has 0 bridgehead atoms. The summed E-state index contributed by atoms with van der Waals surface area (Å²) < 4.78 is 13.3. The highest BCUT2D eigenvalue weighted by Crippen LogP contribution is 2.44. The molecule has 6 rings (SSSR count). The van der Waals surface area contributed by atoms with E-state index in [0.29, 0.717) is 23.0 Å². The number of hydrogen-bond donors (Lipinski definition) is 1. The lowest BCUT2D eigenvalue weighted by Crippen LogP contribution is -2.38. The summed E-state index contributed by atoms with van der Waals surface area (Å²) in [4.78, 5) is 19.8. The molecule has 0 unspecified atom stereocenters. The molecule has 4 aromatic rings. The van der Waals surface area contributed by atoms with Gasteiger partial charge in [0.15, 0.2) is 0 Å².